The fourth-order valence-corrected chi connectivity index (χ4v) is 4.04. The predicted molar refractivity (Wildman–Crippen MR) is 116 cm³/mol. The molecule has 1 heterocycles. The molecule has 0 aliphatic rings. The highest BCUT2D eigenvalue weighted by Crippen LogP contribution is 2.41. The van der Waals surface area contributed by atoms with Crippen LogP contribution < -0.4 is 0 Å². The molecule has 0 unspecified atom stereocenters. The number of para-hydroxylation sites is 2. The fourth-order valence-electron chi connectivity index (χ4n) is 3.32. The minimum absolute atomic E-state index is 0.00959. The lowest BCUT2D eigenvalue weighted by Crippen LogP contribution is -2.01. The van der Waals surface area contributed by atoms with Gasteiger partial charge in [-0.1, -0.05) is 36.4 Å². The number of nitrogens with zero attached hydrogens (tertiary/aromatic N) is 5. The number of phenols is 1. The highest BCUT2D eigenvalue weighted by molar-refractivity contribution is 7.86. The molecule has 0 spiro atoms. The summed E-state index contributed by atoms with van der Waals surface area (Å²) in [6, 6.07) is 12.5. The topological polar surface area (TPSA) is 181 Å². The van der Waals surface area contributed by atoms with Crippen LogP contribution >= 0.6 is 0 Å². The molecule has 13 heteroatoms. The van der Waals surface area contributed by atoms with Gasteiger partial charge < -0.3 is 10.2 Å². The number of phenolic OH excluding ortho intramolecular Hbond substituents is 1. The number of aromatic nitrogens is 2. The van der Waals surface area contributed by atoms with Crippen LogP contribution in [-0.2, 0) is 10.1 Å². The lowest BCUT2D eigenvalue weighted by atomic mass is 10.1. The van der Waals surface area contributed by atoms with E-state index in [1.807, 2.05) is 0 Å². The van der Waals surface area contributed by atoms with Gasteiger partial charge >= 0.3 is 0 Å². The molecule has 0 saturated heterocycles. The number of fused-ring (bicyclic) bond motifs is 1. The molecule has 4 aromatic rings. The number of aryl methyl sites for hydroxylation is 1. The van der Waals surface area contributed by atoms with Gasteiger partial charge in [-0.15, -0.1) is 10.2 Å². The molecule has 0 saturated carbocycles. The summed E-state index contributed by atoms with van der Waals surface area (Å²) in [5.74, 6) is -1.10. The smallest absolute Gasteiger partial charge is 0.295 e. The standard InChI is InChI=1S/C20H15N5O7S/c1-11-18(20(27)24(23-11)14-8-4-5-9-15(14)25(28)29)21-22-19-13-7-3-2-6-12(13)17(10-16(19)26)33(30,31)32/h2-10,26-27H,1H3,(H,30,31,32). The summed E-state index contributed by atoms with van der Waals surface area (Å²) in [7, 11) is -4.63. The molecule has 0 aliphatic heterocycles. The second-order valence-electron chi connectivity index (χ2n) is 6.88. The Morgan fingerprint density at radius 2 is 1.61 bits per heavy atom. The summed E-state index contributed by atoms with van der Waals surface area (Å²) in [4.78, 5) is 10.2. The van der Waals surface area contributed by atoms with E-state index in [-0.39, 0.29) is 39.2 Å². The third-order valence-corrected chi connectivity index (χ3v) is 5.69. The zero-order valence-electron chi connectivity index (χ0n) is 16.8. The van der Waals surface area contributed by atoms with Crippen LogP contribution in [0.15, 0.2) is 69.7 Å². The average Bonchev–Trinajstić information content (AvgIpc) is 3.05. The van der Waals surface area contributed by atoms with Crippen LogP contribution in [0, 0.1) is 17.0 Å². The maximum Gasteiger partial charge on any atom is 0.295 e. The molecule has 0 amide bonds. The lowest BCUT2D eigenvalue weighted by molar-refractivity contribution is -0.384. The molecular weight excluding hydrogens is 454 g/mol. The van der Waals surface area contributed by atoms with Gasteiger partial charge in [0, 0.05) is 22.9 Å². The Morgan fingerprint density at radius 3 is 2.27 bits per heavy atom. The number of azo groups is 1. The van der Waals surface area contributed by atoms with Crippen molar-refractivity contribution < 1.29 is 28.1 Å². The Bertz CT molecular complexity index is 1560. The molecule has 3 N–H and O–H groups in total. The quantitative estimate of drug-likeness (QED) is 0.167. The van der Waals surface area contributed by atoms with E-state index in [2.05, 4.69) is 15.3 Å². The summed E-state index contributed by atoms with van der Waals surface area (Å²) in [5, 5.41) is 44.6. The average molecular weight is 469 g/mol. The Morgan fingerprint density at radius 1 is 1.00 bits per heavy atom. The third kappa shape index (κ3) is 3.86. The molecule has 0 bridgehead atoms. The van der Waals surface area contributed by atoms with Crippen LogP contribution in [0.5, 0.6) is 11.6 Å². The van der Waals surface area contributed by atoms with Crippen molar-refractivity contribution in [1.29, 1.82) is 0 Å². The summed E-state index contributed by atoms with van der Waals surface area (Å²) in [6.07, 6.45) is 0. The van der Waals surface area contributed by atoms with Crippen molar-refractivity contribution in [2.24, 2.45) is 10.2 Å². The highest BCUT2D eigenvalue weighted by atomic mass is 32.2. The van der Waals surface area contributed by atoms with Gasteiger partial charge in [0.1, 0.15) is 22.0 Å². The number of nitro groups is 1. The number of rotatable bonds is 5. The molecule has 3 aromatic carbocycles. The molecule has 4 rings (SSSR count). The zero-order chi connectivity index (χ0) is 23.9. The second kappa shape index (κ2) is 7.96. The maximum absolute atomic E-state index is 11.7. The predicted octanol–water partition coefficient (Wildman–Crippen LogP) is 4.32. The third-order valence-electron chi connectivity index (χ3n) is 4.80. The molecule has 1 aromatic heterocycles. The number of benzene rings is 3. The summed E-state index contributed by atoms with van der Waals surface area (Å²) >= 11 is 0. The van der Waals surface area contributed by atoms with Crippen molar-refractivity contribution in [2.45, 2.75) is 11.8 Å². The molecule has 168 valence electrons. The first-order chi connectivity index (χ1) is 15.6. The molecule has 0 radical (unpaired) electrons. The van der Waals surface area contributed by atoms with Crippen LogP contribution in [0.2, 0.25) is 0 Å². The number of aromatic hydroxyl groups is 2. The van der Waals surface area contributed by atoms with E-state index in [1.165, 1.54) is 37.3 Å². The van der Waals surface area contributed by atoms with Gasteiger partial charge in [-0.3, -0.25) is 14.7 Å². The van der Waals surface area contributed by atoms with Crippen molar-refractivity contribution in [3.63, 3.8) is 0 Å². The first-order valence-corrected chi connectivity index (χ1v) is 10.7. The van der Waals surface area contributed by atoms with E-state index in [1.54, 1.807) is 18.2 Å². The van der Waals surface area contributed by atoms with E-state index in [9.17, 15) is 33.3 Å². The van der Waals surface area contributed by atoms with Gasteiger partial charge in [-0.05, 0) is 13.0 Å². The Kier molecular flexibility index (Phi) is 5.27. The van der Waals surface area contributed by atoms with Gasteiger partial charge in [0.05, 0.1) is 10.6 Å². The molecule has 0 fully saturated rings. The molecule has 0 aliphatic carbocycles. The van der Waals surface area contributed by atoms with Gasteiger partial charge in [-0.2, -0.15) is 18.2 Å². The largest absolute Gasteiger partial charge is 0.506 e. The van der Waals surface area contributed by atoms with Crippen LogP contribution in [0.3, 0.4) is 0 Å². The van der Waals surface area contributed by atoms with Crippen molar-refractivity contribution in [1.82, 2.24) is 9.78 Å². The van der Waals surface area contributed by atoms with Gasteiger partial charge in [0.2, 0.25) is 5.88 Å². The van der Waals surface area contributed by atoms with Gasteiger partial charge in [0.25, 0.3) is 15.8 Å². The zero-order valence-corrected chi connectivity index (χ0v) is 17.6. The Hall–Kier alpha value is -4.36. The lowest BCUT2D eigenvalue weighted by Gasteiger charge is -2.08. The molecular formula is C20H15N5O7S. The Labute approximate surface area is 186 Å². The van der Waals surface area contributed by atoms with Gasteiger partial charge in [-0.25, -0.2) is 0 Å². The highest BCUT2D eigenvalue weighted by Gasteiger charge is 2.23. The summed E-state index contributed by atoms with van der Waals surface area (Å²) < 4.78 is 33.8. The van der Waals surface area contributed by atoms with E-state index in [0.29, 0.717) is 0 Å². The Balaban J connectivity index is 1.86. The monoisotopic (exact) mass is 469 g/mol. The number of hydrogen-bond acceptors (Lipinski definition) is 9. The van der Waals surface area contributed by atoms with Gasteiger partial charge in [0.15, 0.2) is 5.69 Å². The van der Waals surface area contributed by atoms with Crippen molar-refractivity contribution in [3.8, 4) is 17.3 Å². The number of nitro benzene ring substituents is 1. The summed E-state index contributed by atoms with van der Waals surface area (Å²) in [6.45, 7) is 1.50. The van der Waals surface area contributed by atoms with E-state index in [0.717, 1.165) is 10.7 Å². The number of hydrogen-bond donors (Lipinski definition) is 3. The summed E-state index contributed by atoms with van der Waals surface area (Å²) in [5.41, 5.74) is -0.322. The van der Waals surface area contributed by atoms with Crippen LogP contribution in [0.25, 0.3) is 16.5 Å². The minimum atomic E-state index is -4.63. The second-order valence-corrected chi connectivity index (χ2v) is 8.27. The first kappa shape index (κ1) is 21.9. The van der Waals surface area contributed by atoms with E-state index >= 15 is 0 Å². The van der Waals surface area contributed by atoms with Crippen LogP contribution in [-0.4, -0.2) is 37.9 Å². The van der Waals surface area contributed by atoms with E-state index < -0.39 is 31.6 Å². The SMILES string of the molecule is Cc1nn(-c2ccccc2[N+](=O)[O-])c(O)c1N=Nc1c(O)cc(S(=O)(=O)O)c2ccccc12. The fraction of sp³-hybridized carbons (Fsp3) is 0.0500. The van der Waals surface area contributed by atoms with Crippen molar-refractivity contribution in [2.75, 3.05) is 0 Å². The van der Waals surface area contributed by atoms with E-state index in [4.69, 9.17) is 0 Å². The van der Waals surface area contributed by atoms with Crippen molar-refractivity contribution in [3.05, 3.63) is 70.4 Å². The minimum Gasteiger partial charge on any atom is -0.506 e. The molecule has 0 atom stereocenters. The van der Waals surface area contributed by atoms with Crippen LogP contribution in [0.1, 0.15) is 5.69 Å². The maximum atomic E-state index is 11.7. The molecule has 33 heavy (non-hydrogen) atoms. The first-order valence-electron chi connectivity index (χ1n) is 9.26. The van der Waals surface area contributed by atoms with Crippen molar-refractivity contribution >= 4 is 38.0 Å². The normalized spacial score (nSPS) is 11.9. The molecule has 12 nitrogen and oxygen atoms in total. The van der Waals surface area contributed by atoms with Crippen LogP contribution in [0.4, 0.5) is 17.1 Å².